The molecule has 0 spiro atoms. The number of methoxy groups -OCH3 is 1. The van der Waals surface area contributed by atoms with Crippen molar-refractivity contribution in [1.29, 1.82) is 0 Å². The van der Waals surface area contributed by atoms with Crippen LogP contribution < -0.4 is 24.4 Å². The van der Waals surface area contributed by atoms with Gasteiger partial charge in [0, 0.05) is 21.0 Å². The van der Waals surface area contributed by atoms with Crippen LogP contribution in [0.3, 0.4) is 0 Å². The van der Waals surface area contributed by atoms with Gasteiger partial charge < -0.3 is 14.2 Å². The molecule has 0 aliphatic carbocycles. The Morgan fingerprint density at radius 1 is 1.00 bits per heavy atom. The summed E-state index contributed by atoms with van der Waals surface area (Å²) in [4.78, 5) is 34.6. The molecule has 1 aliphatic rings. The van der Waals surface area contributed by atoms with Gasteiger partial charge in [0.05, 0.1) is 35.6 Å². The van der Waals surface area contributed by atoms with Gasteiger partial charge >= 0.3 is 5.97 Å². The first-order valence-electron chi connectivity index (χ1n) is 14.9. The van der Waals surface area contributed by atoms with Gasteiger partial charge in [-0.2, -0.15) is 0 Å². The van der Waals surface area contributed by atoms with E-state index >= 15 is 0 Å². The standard InChI is InChI=1S/C37H31ClN2O5S2/c1-4-44-36(42)31-32(24-9-6-5-7-10-24)39-37-40(33(31)25-15-19-28(46-3)20-16-25)35(41)30(47-37)21-26-11-8-12-29(43-2)34(26)45-22-23-13-17-27(38)18-14-23/h5-21,33H,4,22H2,1-3H3/b30-21-/t33-/m0/s1. The Labute approximate surface area is 285 Å². The van der Waals surface area contributed by atoms with Crippen LogP contribution in [0.25, 0.3) is 11.8 Å². The lowest BCUT2D eigenvalue weighted by Gasteiger charge is -2.26. The number of hydrogen-bond donors (Lipinski definition) is 0. The molecule has 0 N–H and O–H groups in total. The van der Waals surface area contributed by atoms with Crippen molar-refractivity contribution in [2.75, 3.05) is 20.0 Å². The predicted octanol–water partition coefficient (Wildman–Crippen LogP) is 6.90. The van der Waals surface area contributed by atoms with Gasteiger partial charge in [-0.25, -0.2) is 9.79 Å². The van der Waals surface area contributed by atoms with Crippen molar-refractivity contribution >= 4 is 52.4 Å². The summed E-state index contributed by atoms with van der Waals surface area (Å²) in [6.07, 6.45) is 3.79. The molecule has 5 aromatic rings. The van der Waals surface area contributed by atoms with Gasteiger partial charge in [0.25, 0.3) is 5.56 Å². The number of esters is 1. The highest BCUT2D eigenvalue weighted by Crippen LogP contribution is 2.36. The number of para-hydroxylation sites is 1. The largest absolute Gasteiger partial charge is 0.493 e. The quantitative estimate of drug-likeness (QED) is 0.118. The lowest BCUT2D eigenvalue weighted by Crippen LogP contribution is -2.40. The van der Waals surface area contributed by atoms with E-state index in [0.717, 1.165) is 21.6 Å². The van der Waals surface area contributed by atoms with Crippen molar-refractivity contribution in [3.63, 3.8) is 0 Å². The van der Waals surface area contributed by atoms with E-state index in [0.29, 0.717) is 42.7 Å². The molecule has 0 bridgehead atoms. The second kappa shape index (κ2) is 14.5. The summed E-state index contributed by atoms with van der Waals surface area (Å²) >= 11 is 8.94. The molecule has 6 rings (SSSR count). The number of ether oxygens (including phenoxy) is 3. The average Bonchev–Trinajstić information content (AvgIpc) is 3.41. The summed E-state index contributed by atoms with van der Waals surface area (Å²) < 4.78 is 19.5. The Kier molecular flexibility index (Phi) is 9.96. The van der Waals surface area contributed by atoms with E-state index in [-0.39, 0.29) is 18.8 Å². The smallest absolute Gasteiger partial charge is 0.338 e. The van der Waals surface area contributed by atoms with Gasteiger partial charge in [-0.05, 0) is 60.7 Å². The molecular weight excluding hydrogens is 652 g/mol. The number of nitrogens with zero attached hydrogens (tertiary/aromatic N) is 2. The van der Waals surface area contributed by atoms with Crippen molar-refractivity contribution in [3.05, 3.63) is 150 Å². The van der Waals surface area contributed by atoms with E-state index in [9.17, 15) is 9.59 Å². The molecule has 47 heavy (non-hydrogen) atoms. The van der Waals surface area contributed by atoms with Crippen molar-refractivity contribution < 1.29 is 19.0 Å². The van der Waals surface area contributed by atoms with Gasteiger partial charge in [-0.1, -0.05) is 89.7 Å². The van der Waals surface area contributed by atoms with Crippen LogP contribution in [0.2, 0.25) is 5.02 Å². The minimum atomic E-state index is -0.760. The number of benzene rings is 4. The maximum atomic E-state index is 14.4. The Morgan fingerprint density at radius 3 is 2.43 bits per heavy atom. The van der Waals surface area contributed by atoms with Crippen LogP contribution in [0, 0.1) is 0 Å². The molecule has 0 unspecified atom stereocenters. The molecule has 4 aromatic carbocycles. The van der Waals surface area contributed by atoms with Gasteiger partial charge in [0.15, 0.2) is 16.3 Å². The summed E-state index contributed by atoms with van der Waals surface area (Å²) in [5.74, 6) is 0.509. The second-order valence-electron chi connectivity index (χ2n) is 10.5. The Bertz CT molecular complexity index is 2120. The zero-order chi connectivity index (χ0) is 32.9. The molecule has 0 saturated carbocycles. The zero-order valence-electron chi connectivity index (χ0n) is 25.9. The fraction of sp³-hybridized carbons (Fsp3) is 0.162. The predicted molar refractivity (Wildman–Crippen MR) is 188 cm³/mol. The van der Waals surface area contributed by atoms with E-state index < -0.39 is 12.0 Å². The van der Waals surface area contributed by atoms with Crippen molar-refractivity contribution in [2.24, 2.45) is 4.99 Å². The topological polar surface area (TPSA) is 79.1 Å². The van der Waals surface area contributed by atoms with Crippen LogP contribution in [0.5, 0.6) is 11.5 Å². The molecule has 2 heterocycles. The Morgan fingerprint density at radius 2 is 1.74 bits per heavy atom. The Hall–Kier alpha value is -4.57. The zero-order valence-corrected chi connectivity index (χ0v) is 28.3. The molecule has 1 atom stereocenters. The number of hydrogen-bond acceptors (Lipinski definition) is 8. The number of thiazole rings is 1. The first-order chi connectivity index (χ1) is 22.9. The number of thioether (sulfide) groups is 1. The molecule has 0 amide bonds. The third kappa shape index (κ3) is 6.79. The number of aromatic nitrogens is 1. The molecule has 238 valence electrons. The molecule has 0 fully saturated rings. The average molecular weight is 683 g/mol. The third-order valence-electron chi connectivity index (χ3n) is 7.62. The highest BCUT2D eigenvalue weighted by atomic mass is 35.5. The molecule has 0 radical (unpaired) electrons. The third-order valence-corrected chi connectivity index (χ3v) is 9.60. The van der Waals surface area contributed by atoms with Crippen LogP contribution in [0.4, 0.5) is 0 Å². The summed E-state index contributed by atoms with van der Waals surface area (Å²) in [6, 6.07) is 29.6. The first-order valence-corrected chi connectivity index (χ1v) is 17.3. The molecular formula is C37H31ClN2O5S2. The van der Waals surface area contributed by atoms with Crippen LogP contribution >= 0.6 is 34.7 Å². The highest BCUT2D eigenvalue weighted by Gasteiger charge is 2.35. The Balaban J connectivity index is 1.54. The van der Waals surface area contributed by atoms with Crippen LogP contribution in [-0.4, -0.2) is 30.5 Å². The van der Waals surface area contributed by atoms with E-state index in [2.05, 4.69) is 0 Å². The SMILES string of the molecule is CCOC(=O)C1=C(c2ccccc2)N=c2s/c(=C\c3cccc(OC)c3OCc3ccc(Cl)cc3)c(=O)n2[C@H]1c1ccc(SC)cc1. The molecule has 0 saturated heterocycles. The molecule has 1 aromatic heterocycles. The van der Waals surface area contributed by atoms with Crippen molar-refractivity contribution in [1.82, 2.24) is 4.57 Å². The van der Waals surface area contributed by atoms with E-state index in [4.69, 9.17) is 30.8 Å². The summed E-state index contributed by atoms with van der Waals surface area (Å²) in [5, 5.41) is 0.641. The molecule has 1 aliphatic heterocycles. The maximum absolute atomic E-state index is 14.4. The van der Waals surface area contributed by atoms with Crippen LogP contribution in [0.1, 0.15) is 35.2 Å². The van der Waals surface area contributed by atoms with E-state index in [1.165, 1.54) is 11.3 Å². The molecule has 7 nitrogen and oxygen atoms in total. The normalized spacial score (nSPS) is 14.4. The van der Waals surface area contributed by atoms with Gasteiger partial charge in [-0.15, -0.1) is 11.8 Å². The number of carbonyl (C=O) groups is 1. The number of rotatable bonds is 10. The number of halogens is 1. The fourth-order valence-corrected chi connectivity index (χ4v) is 6.91. The van der Waals surface area contributed by atoms with Crippen LogP contribution in [-0.2, 0) is 16.1 Å². The fourth-order valence-electron chi connectivity index (χ4n) is 5.38. The number of carbonyl (C=O) groups excluding carboxylic acids is 1. The summed E-state index contributed by atoms with van der Waals surface area (Å²) in [5.41, 5.74) is 3.62. The van der Waals surface area contributed by atoms with Gasteiger partial charge in [-0.3, -0.25) is 9.36 Å². The highest BCUT2D eigenvalue weighted by molar-refractivity contribution is 7.98. The minimum Gasteiger partial charge on any atom is -0.493 e. The monoisotopic (exact) mass is 682 g/mol. The second-order valence-corrected chi connectivity index (χ2v) is 12.8. The van der Waals surface area contributed by atoms with Crippen molar-refractivity contribution in [2.45, 2.75) is 24.5 Å². The van der Waals surface area contributed by atoms with E-state index in [1.54, 1.807) is 36.4 Å². The lowest BCUT2D eigenvalue weighted by atomic mass is 9.93. The maximum Gasteiger partial charge on any atom is 0.338 e. The first kappa shape index (κ1) is 32.4. The number of fused-ring (bicyclic) bond motifs is 1. The lowest BCUT2D eigenvalue weighted by molar-refractivity contribution is -0.138. The summed E-state index contributed by atoms with van der Waals surface area (Å²) in [7, 11) is 1.58. The van der Waals surface area contributed by atoms with E-state index in [1.807, 2.05) is 103 Å². The minimum absolute atomic E-state index is 0.182. The summed E-state index contributed by atoms with van der Waals surface area (Å²) in [6.45, 7) is 2.22. The van der Waals surface area contributed by atoms with Gasteiger partial charge in [0.1, 0.15) is 6.61 Å². The molecule has 10 heteroatoms. The van der Waals surface area contributed by atoms with Crippen LogP contribution in [0.15, 0.2) is 117 Å². The van der Waals surface area contributed by atoms with Gasteiger partial charge in [0.2, 0.25) is 0 Å². The van der Waals surface area contributed by atoms with Crippen molar-refractivity contribution in [3.8, 4) is 11.5 Å².